The molecule has 0 aliphatic heterocycles. The number of hydrogen-bond acceptors (Lipinski definition) is 3. The van der Waals surface area contributed by atoms with Crippen molar-refractivity contribution in [2.24, 2.45) is 0 Å². The standard InChI is InChI=1S/C9H5Cl2FN4O/c10-5-2-6(11)7(12)1-4(5)8(17)15-9-13-3-14-16-9/h1-3H,(H2,13,14,15,16,17). The lowest BCUT2D eigenvalue weighted by molar-refractivity contribution is 0.102. The molecule has 0 aliphatic rings. The van der Waals surface area contributed by atoms with Crippen LogP contribution in [0.4, 0.5) is 10.3 Å². The summed E-state index contributed by atoms with van der Waals surface area (Å²) in [5.74, 6) is -1.19. The van der Waals surface area contributed by atoms with Crippen molar-refractivity contribution in [1.29, 1.82) is 0 Å². The molecule has 0 saturated carbocycles. The van der Waals surface area contributed by atoms with Crippen molar-refractivity contribution in [1.82, 2.24) is 15.2 Å². The second-order valence-electron chi connectivity index (χ2n) is 3.03. The lowest BCUT2D eigenvalue weighted by atomic mass is 10.2. The Labute approximate surface area is 105 Å². The third-order valence-corrected chi connectivity index (χ3v) is 2.50. The van der Waals surface area contributed by atoms with E-state index < -0.39 is 11.7 Å². The van der Waals surface area contributed by atoms with E-state index in [4.69, 9.17) is 23.2 Å². The highest BCUT2D eigenvalue weighted by atomic mass is 35.5. The largest absolute Gasteiger partial charge is 0.291 e. The average molecular weight is 275 g/mol. The van der Waals surface area contributed by atoms with Crippen LogP contribution in [0.1, 0.15) is 10.4 Å². The third kappa shape index (κ3) is 2.54. The quantitative estimate of drug-likeness (QED) is 0.827. The molecule has 0 aliphatic carbocycles. The van der Waals surface area contributed by atoms with E-state index in [0.717, 1.165) is 12.1 Å². The van der Waals surface area contributed by atoms with Gasteiger partial charge in [0.05, 0.1) is 15.6 Å². The fourth-order valence-corrected chi connectivity index (χ4v) is 1.61. The Hall–Kier alpha value is -1.66. The number of nitrogens with zero attached hydrogens (tertiary/aromatic N) is 2. The first-order chi connectivity index (χ1) is 8.08. The lowest BCUT2D eigenvalue weighted by Crippen LogP contribution is -2.14. The molecule has 2 rings (SSSR count). The normalized spacial score (nSPS) is 10.3. The van der Waals surface area contributed by atoms with Crippen molar-refractivity contribution in [3.8, 4) is 0 Å². The number of rotatable bonds is 2. The molecule has 2 N–H and O–H groups in total. The van der Waals surface area contributed by atoms with Gasteiger partial charge >= 0.3 is 0 Å². The highest BCUT2D eigenvalue weighted by Gasteiger charge is 2.15. The number of aromatic nitrogens is 3. The maximum absolute atomic E-state index is 13.2. The Bertz CT molecular complexity index is 558. The zero-order valence-electron chi connectivity index (χ0n) is 8.17. The molecule has 0 fully saturated rings. The highest BCUT2D eigenvalue weighted by molar-refractivity contribution is 6.37. The van der Waals surface area contributed by atoms with Gasteiger partial charge in [-0.15, -0.1) is 0 Å². The zero-order chi connectivity index (χ0) is 12.4. The Morgan fingerprint density at radius 1 is 1.35 bits per heavy atom. The fourth-order valence-electron chi connectivity index (χ4n) is 1.14. The summed E-state index contributed by atoms with van der Waals surface area (Å²) in [5, 5.41) is 8.24. The number of hydrogen-bond donors (Lipinski definition) is 2. The molecule has 0 bridgehead atoms. The Balaban J connectivity index is 2.28. The molecular formula is C9H5Cl2FN4O. The molecule has 1 amide bonds. The van der Waals surface area contributed by atoms with E-state index in [0.29, 0.717) is 0 Å². The minimum atomic E-state index is -0.723. The maximum Gasteiger partial charge on any atom is 0.259 e. The first-order valence-electron chi connectivity index (χ1n) is 4.39. The number of halogens is 3. The van der Waals surface area contributed by atoms with Gasteiger partial charge in [-0.2, -0.15) is 10.1 Å². The molecule has 1 aromatic carbocycles. The van der Waals surface area contributed by atoms with Crippen LogP contribution < -0.4 is 5.32 Å². The summed E-state index contributed by atoms with van der Waals surface area (Å²) >= 11 is 11.3. The molecule has 8 heteroatoms. The summed E-state index contributed by atoms with van der Waals surface area (Å²) in [6.07, 6.45) is 1.22. The van der Waals surface area contributed by atoms with Crippen LogP contribution in [-0.4, -0.2) is 21.1 Å². The fraction of sp³-hybridized carbons (Fsp3) is 0. The molecular weight excluding hydrogens is 270 g/mol. The number of anilines is 1. The molecule has 1 aromatic heterocycles. The Morgan fingerprint density at radius 2 is 2.12 bits per heavy atom. The SMILES string of the molecule is O=C(Nc1ncn[nH]1)c1cc(F)c(Cl)cc1Cl. The van der Waals surface area contributed by atoms with Crippen molar-refractivity contribution in [2.75, 3.05) is 5.32 Å². The van der Waals surface area contributed by atoms with E-state index in [9.17, 15) is 9.18 Å². The van der Waals surface area contributed by atoms with Gasteiger partial charge < -0.3 is 0 Å². The predicted octanol–water partition coefficient (Wildman–Crippen LogP) is 2.50. The smallest absolute Gasteiger partial charge is 0.259 e. The number of carbonyl (C=O) groups is 1. The molecule has 17 heavy (non-hydrogen) atoms. The summed E-state index contributed by atoms with van der Waals surface area (Å²) in [6.45, 7) is 0. The molecule has 0 spiro atoms. The van der Waals surface area contributed by atoms with E-state index in [2.05, 4.69) is 20.5 Å². The minimum absolute atomic E-state index is 0.0371. The maximum atomic E-state index is 13.2. The number of benzene rings is 1. The lowest BCUT2D eigenvalue weighted by Gasteiger charge is -2.05. The van der Waals surface area contributed by atoms with Crippen LogP contribution in [-0.2, 0) is 0 Å². The number of H-pyrrole nitrogens is 1. The van der Waals surface area contributed by atoms with Crippen LogP contribution in [0.3, 0.4) is 0 Å². The molecule has 88 valence electrons. The van der Waals surface area contributed by atoms with E-state index in [1.165, 1.54) is 6.33 Å². The van der Waals surface area contributed by atoms with Gasteiger partial charge in [-0.25, -0.2) is 9.49 Å². The van der Waals surface area contributed by atoms with Crippen molar-refractivity contribution in [3.63, 3.8) is 0 Å². The van der Waals surface area contributed by atoms with Crippen LogP contribution in [0.2, 0.25) is 10.0 Å². The molecule has 1 heterocycles. The number of amides is 1. The molecule has 0 radical (unpaired) electrons. The number of carbonyl (C=O) groups excluding carboxylic acids is 1. The predicted molar refractivity (Wildman–Crippen MR) is 60.8 cm³/mol. The van der Waals surface area contributed by atoms with Crippen LogP contribution in [0.5, 0.6) is 0 Å². The molecule has 0 unspecified atom stereocenters. The van der Waals surface area contributed by atoms with Crippen molar-refractivity contribution in [3.05, 3.63) is 39.9 Å². The van der Waals surface area contributed by atoms with Crippen molar-refractivity contribution < 1.29 is 9.18 Å². The van der Waals surface area contributed by atoms with Gasteiger partial charge in [0.15, 0.2) is 0 Å². The summed E-state index contributed by atoms with van der Waals surface area (Å²) in [4.78, 5) is 15.4. The van der Waals surface area contributed by atoms with Crippen LogP contribution >= 0.6 is 23.2 Å². The number of nitrogens with one attached hydrogen (secondary N) is 2. The van der Waals surface area contributed by atoms with Crippen LogP contribution in [0, 0.1) is 5.82 Å². The number of aromatic amines is 1. The van der Waals surface area contributed by atoms with Gasteiger partial charge in [0.1, 0.15) is 12.1 Å². The van der Waals surface area contributed by atoms with Gasteiger partial charge in [-0.3, -0.25) is 10.1 Å². The second-order valence-corrected chi connectivity index (χ2v) is 3.85. The van der Waals surface area contributed by atoms with Gasteiger partial charge in [0.2, 0.25) is 5.95 Å². The monoisotopic (exact) mass is 274 g/mol. The van der Waals surface area contributed by atoms with Gasteiger partial charge in [0.25, 0.3) is 5.91 Å². The summed E-state index contributed by atoms with van der Waals surface area (Å²) in [6, 6.07) is 2.12. The summed E-state index contributed by atoms with van der Waals surface area (Å²) in [7, 11) is 0. The average Bonchev–Trinajstić information content (AvgIpc) is 2.76. The second kappa shape index (κ2) is 4.68. The Kier molecular flexibility index (Phi) is 3.26. The topological polar surface area (TPSA) is 70.7 Å². The molecule has 2 aromatic rings. The minimum Gasteiger partial charge on any atom is -0.291 e. The molecule has 0 saturated heterocycles. The first kappa shape index (κ1) is 11.8. The summed E-state index contributed by atoms with van der Waals surface area (Å²) < 4.78 is 13.2. The summed E-state index contributed by atoms with van der Waals surface area (Å²) in [5.41, 5.74) is -0.0371. The Morgan fingerprint density at radius 3 is 2.76 bits per heavy atom. The first-order valence-corrected chi connectivity index (χ1v) is 5.15. The van der Waals surface area contributed by atoms with Crippen LogP contribution in [0.25, 0.3) is 0 Å². The molecule has 0 atom stereocenters. The highest BCUT2D eigenvalue weighted by Crippen LogP contribution is 2.24. The van der Waals surface area contributed by atoms with E-state index >= 15 is 0 Å². The van der Waals surface area contributed by atoms with Gasteiger partial charge in [-0.1, -0.05) is 23.2 Å². The van der Waals surface area contributed by atoms with E-state index in [-0.39, 0.29) is 21.6 Å². The van der Waals surface area contributed by atoms with E-state index in [1.54, 1.807) is 0 Å². The van der Waals surface area contributed by atoms with Gasteiger partial charge in [-0.05, 0) is 12.1 Å². The van der Waals surface area contributed by atoms with Crippen molar-refractivity contribution >= 4 is 35.1 Å². The third-order valence-electron chi connectivity index (χ3n) is 1.90. The van der Waals surface area contributed by atoms with Crippen LogP contribution in [0.15, 0.2) is 18.5 Å². The van der Waals surface area contributed by atoms with Crippen molar-refractivity contribution in [2.45, 2.75) is 0 Å². The zero-order valence-corrected chi connectivity index (χ0v) is 9.68. The van der Waals surface area contributed by atoms with E-state index in [1.807, 2.05) is 0 Å². The molecule has 5 nitrogen and oxygen atoms in total. The van der Waals surface area contributed by atoms with Gasteiger partial charge in [0, 0.05) is 0 Å².